The third kappa shape index (κ3) is 5.30. The summed E-state index contributed by atoms with van der Waals surface area (Å²) in [5, 5.41) is 4.12. The first kappa shape index (κ1) is 24.7. The number of likely N-dealkylation sites (tertiary alicyclic amines) is 1. The summed E-state index contributed by atoms with van der Waals surface area (Å²) in [7, 11) is 3.73. The molecule has 2 aliphatic rings. The van der Waals surface area contributed by atoms with Crippen LogP contribution >= 0.6 is 0 Å². The van der Waals surface area contributed by atoms with Crippen LogP contribution in [-0.4, -0.2) is 78.7 Å². The van der Waals surface area contributed by atoms with Crippen LogP contribution in [-0.2, 0) is 9.53 Å². The van der Waals surface area contributed by atoms with Gasteiger partial charge in [-0.2, -0.15) is 0 Å². The van der Waals surface area contributed by atoms with Crippen LogP contribution in [0.3, 0.4) is 0 Å². The Morgan fingerprint density at radius 1 is 1.34 bits per heavy atom. The van der Waals surface area contributed by atoms with Gasteiger partial charge in [-0.3, -0.25) is 24.3 Å². The van der Waals surface area contributed by atoms with Gasteiger partial charge >= 0.3 is 0 Å². The number of hydrogen-bond donors (Lipinski definition) is 3. The van der Waals surface area contributed by atoms with Gasteiger partial charge < -0.3 is 20.7 Å². The molecule has 2 saturated heterocycles. The van der Waals surface area contributed by atoms with Crippen LogP contribution in [0.5, 0.6) is 0 Å². The first-order chi connectivity index (χ1) is 16.9. The van der Waals surface area contributed by atoms with Gasteiger partial charge in [-0.25, -0.2) is 0 Å². The molecule has 4 N–H and O–H groups in total. The number of aromatic nitrogens is 2. The van der Waals surface area contributed by atoms with Crippen molar-refractivity contribution in [3.63, 3.8) is 0 Å². The Labute approximate surface area is 206 Å². The van der Waals surface area contributed by atoms with Crippen LogP contribution in [0.2, 0.25) is 0 Å². The number of nitrogens with zero attached hydrogens (tertiary/aromatic N) is 4. The normalized spacial score (nSPS) is 20.7. The van der Waals surface area contributed by atoms with Crippen molar-refractivity contribution in [2.45, 2.75) is 39.2 Å². The van der Waals surface area contributed by atoms with Gasteiger partial charge in [0.2, 0.25) is 5.91 Å². The number of aliphatic imine (C=N–C) groups is 1. The monoisotopic (exact) mass is 478 g/mol. The zero-order valence-electron chi connectivity index (χ0n) is 21.1. The lowest BCUT2D eigenvalue weighted by Crippen LogP contribution is -2.63. The minimum absolute atomic E-state index is 0.0467. The molecule has 4 heterocycles. The number of hydrogen-bond acceptors (Lipinski definition) is 6. The van der Waals surface area contributed by atoms with E-state index in [0.29, 0.717) is 25.3 Å². The largest absolute Gasteiger partial charge is 0.393 e. The van der Waals surface area contributed by atoms with E-state index in [9.17, 15) is 4.79 Å². The number of allylic oxidation sites excluding steroid dienone is 1. The summed E-state index contributed by atoms with van der Waals surface area (Å²) in [4.78, 5) is 26.9. The number of fused-ring (bicyclic) bond motifs is 1. The highest BCUT2D eigenvalue weighted by Gasteiger charge is 2.27. The van der Waals surface area contributed by atoms with Crippen LogP contribution in [0, 0.1) is 6.92 Å². The van der Waals surface area contributed by atoms with Gasteiger partial charge in [-0.15, -0.1) is 0 Å². The number of nitrogens with two attached hydrogens (primary N) is 1. The molecule has 2 fully saturated rings. The number of rotatable bonds is 5. The van der Waals surface area contributed by atoms with E-state index in [1.165, 1.54) is 0 Å². The molecule has 186 valence electrons. The van der Waals surface area contributed by atoms with Crippen molar-refractivity contribution < 1.29 is 14.5 Å². The van der Waals surface area contributed by atoms with Crippen molar-refractivity contribution in [2.75, 3.05) is 40.4 Å². The number of aryl methyl sites for hydroxylation is 1. The zero-order valence-corrected chi connectivity index (χ0v) is 21.1. The van der Waals surface area contributed by atoms with Gasteiger partial charge in [0.1, 0.15) is 12.9 Å². The molecule has 0 spiro atoms. The molecule has 1 amide bonds. The van der Waals surface area contributed by atoms with E-state index in [-0.39, 0.29) is 11.9 Å². The molecule has 9 heteroatoms. The first-order valence-electron chi connectivity index (χ1n) is 12.2. The number of ether oxygens (including phenoxy) is 1. The minimum atomic E-state index is 0.0467. The van der Waals surface area contributed by atoms with Crippen molar-refractivity contribution in [1.29, 1.82) is 0 Å². The molecule has 0 bridgehead atoms. The highest BCUT2D eigenvalue weighted by Crippen LogP contribution is 2.27. The topological polar surface area (TPSA) is 112 Å². The van der Waals surface area contributed by atoms with E-state index < -0.39 is 0 Å². The van der Waals surface area contributed by atoms with Crippen molar-refractivity contribution in [2.24, 2.45) is 10.7 Å². The Bertz CT molecular complexity index is 1220. The standard InChI is InChI=1S/C26H35N7O2/c1-17-11-19-12-24(20(13-28-3)14-29-4)30-15-25(19)33(17)26(27)22-16-32(18(2)34)8-5-23(22)31-21-6-9-35-10-7-21/h11-15,21,28H,5-10,16,27H2,1-4H3/p+1/b20-13+,26-22?,29-14?,31-23?. The molecule has 2 aromatic rings. The van der Waals surface area contributed by atoms with Crippen molar-refractivity contribution >= 4 is 40.1 Å². The predicted molar refractivity (Wildman–Crippen MR) is 140 cm³/mol. The second kappa shape index (κ2) is 10.9. The van der Waals surface area contributed by atoms with Crippen molar-refractivity contribution in [3.05, 3.63) is 41.5 Å². The lowest BCUT2D eigenvalue weighted by molar-refractivity contribution is -0.412. The number of carbonyl (C=O) groups is 1. The first-order valence-corrected chi connectivity index (χ1v) is 12.2. The van der Waals surface area contributed by atoms with Crippen LogP contribution in [0.1, 0.15) is 37.6 Å². The highest BCUT2D eigenvalue weighted by molar-refractivity contribution is 6.08. The number of pyridine rings is 1. The van der Waals surface area contributed by atoms with E-state index in [2.05, 4.69) is 22.4 Å². The highest BCUT2D eigenvalue weighted by atomic mass is 16.5. The number of amides is 1. The summed E-state index contributed by atoms with van der Waals surface area (Å²) in [6, 6.07) is 4.41. The smallest absolute Gasteiger partial charge is 0.219 e. The molecular weight excluding hydrogens is 442 g/mol. The van der Waals surface area contributed by atoms with E-state index in [1.807, 2.05) is 49.1 Å². The average Bonchev–Trinajstić information content (AvgIpc) is 3.19. The molecule has 0 unspecified atom stereocenters. The van der Waals surface area contributed by atoms with Crippen molar-refractivity contribution in [1.82, 2.24) is 19.8 Å². The summed E-state index contributed by atoms with van der Waals surface area (Å²) in [5.74, 6) is 0.655. The Morgan fingerprint density at radius 2 is 2.11 bits per heavy atom. The number of nitrogens with one attached hydrogen (secondary N) is 2. The van der Waals surface area contributed by atoms with Crippen molar-refractivity contribution in [3.8, 4) is 0 Å². The Kier molecular flexibility index (Phi) is 7.65. The van der Waals surface area contributed by atoms with Gasteiger partial charge in [-0.05, 0) is 31.9 Å². The van der Waals surface area contributed by atoms with Gasteiger partial charge in [0.25, 0.3) is 0 Å². The third-order valence-electron chi connectivity index (χ3n) is 6.61. The maximum atomic E-state index is 12.2. The average molecular weight is 479 g/mol. The SMILES string of the molecule is CN/C=C(\C=[NH+]C)c1cc2cc(C)n(C(N)=C3CN(C(C)=O)CCC3=NC3CCOCC3)c2cn1. The molecule has 0 atom stereocenters. The maximum absolute atomic E-state index is 12.2. The molecule has 2 aliphatic heterocycles. The Balaban J connectivity index is 1.80. The molecule has 0 aromatic carbocycles. The van der Waals surface area contributed by atoms with Gasteiger partial charge in [-0.1, -0.05) is 0 Å². The maximum Gasteiger partial charge on any atom is 0.219 e. The second-order valence-electron chi connectivity index (χ2n) is 9.04. The third-order valence-corrected chi connectivity index (χ3v) is 6.61. The summed E-state index contributed by atoms with van der Waals surface area (Å²) >= 11 is 0. The lowest BCUT2D eigenvalue weighted by Gasteiger charge is -2.31. The van der Waals surface area contributed by atoms with Crippen LogP contribution in [0.25, 0.3) is 22.3 Å². The van der Waals surface area contributed by atoms with Crippen LogP contribution in [0.15, 0.2) is 35.1 Å². The predicted octanol–water partition coefficient (Wildman–Crippen LogP) is 0.686. The van der Waals surface area contributed by atoms with E-state index in [0.717, 1.165) is 65.2 Å². The molecule has 35 heavy (non-hydrogen) atoms. The van der Waals surface area contributed by atoms with Gasteiger partial charge in [0.15, 0.2) is 6.21 Å². The molecule has 4 rings (SSSR count). The molecular formula is C26H36N7O2+. The Hall–Kier alpha value is -3.46. The van der Waals surface area contributed by atoms with E-state index >= 15 is 0 Å². The minimum Gasteiger partial charge on any atom is -0.393 e. The zero-order chi connectivity index (χ0) is 24.9. The fraction of sp³-hybridized carbons (Fsp3) is 0.462. The fourth-order valence-corrected chi connectivity index (χ4v) is 4.79. The summed E-state index contributed by atoms with van der Waals surface area (Å²) in [6.45, 7) is 6.24. The van der Waals surface area contributed by atoms with E-state index in [1.54, 1.807) is 6.92 Å². The second-order valence-corrected chi connectivity index (χ2v) is 9.04. The van der Waals surface area contributed by atoms with Crippen LogP contribution in [0.4, 0.5) is 0 Å². The molecule has 0 saturated carbocycles. The summed E-state index contributed by atoms with van der Waals surface area (Å²) < 4.78 is 7.54. The van der Waals surface area contributed by atoms with Crippen LogP contribution < -0.4 is 16.0 Å². The Morgan fingerprint density at radius 3 is 2.80 bits per heavy atom. The molecule has 0 radical (unpaired) electrons. The van der Waals surface area contributed by atoms with Gasteiger partial charge in [0, 0.05) is 68.7 Å². The summed E-state index contributed by atoms with van der Waals surface area (Å²) in [5.41, 5.74) is 12.5. The van der Waals surface area contributed by atoms with E-state index in [4.69, 9.17) is 20.4 Å². The lowest BCUT2D eigenvalue weighted by atomic mass is 10.00. The summed E-state index contributed by atoms with van der Waals surface area (Å²) in [6.07, 6.45) is 8.20. The molecule has 0 aliphatic carbocycles. The molecule has 9 nitrogen and oxygen atoms in total. The quantitative estimate of drug-likeness (QED) is 0.548. The number of carbonyl (C=O) groups excluding carboxylic acids is 1. The van der Waals surface area contributed by atoms with Gasteiger partial charge in [0.05, 0.1) is 35.6 Å². The number of piperidine rings is 1. The molecule has 2 aromatic heterocycles. The fourth-order valence-electron chi connectivity index (χ4n) is 4.79.